The third kappa shape index (κ3) is 5.68. The molecule has 0 bridgehead atoms. The van der Waals surface area contributed by atoms with Gasteiger partial charge in [-0.15, -0.1) is 0 Å². The molecule has 0 fully saturated rings. The Bertz CT molecular complexity index is 489. The highest BCUT2D eigenvalue weighted by atomic mass is 16.5. The van der Waals surface area contributed by atoms with Gasteiger partial charge in [0.15, 0.2) is 6.29 Å². The number of carbonyl (C=O) groups is 2. The highest BCUT2D eigenvalue weighted by Crippen LogP contribution is 2.00. The van der Waals surface area contributed by atoms with E-state index in [1.165, 1.54) is 12.4 Å². The number of alkyl carbamates (subject to hydrolysis) is 1. The molecule has 5 heteroatoms. The second-order valence-corrected chi connectivity index (χ2v) is 3.73. The maximum Gasteiger partial charge on any atom is 0.407 e. The van der Waals surface area contributed by atoms with E-state index in [1.54, 1.807) is 6.07 Å². The van der Waals surface area contributed by atoms with E-state index in [4.69, 9.17) is 4.74 Å². The summed E-state index contributed by atoms with van der Waals surface area (Å²) in [6, 6.07) is 1.59. The quantitative estimate of drug-likeness (QED) is 0.497. The number of unbranched alkanes of at least 4 members (excludes halogenated alkanes) is 1. The molecule has 0 spiro atoms. The van der Waals surface area contributed by atoms with Gasteiger partial charge in [-0.05, 0) is 12.5 Å². The first-order valence-corrected chi connectivity index (χ1v) is 6.06. The molecule has 0 aromatic carbocycles. The van der Waals surface area contributed by atoms with Crippen LogP contribution in [0.2, 0.25) is 0 Å². The van der Waals surface area contributed by atoms with Gasteiger partial charge in [-0.3, -0.25) is 9.78 Å². The van der Waals surface area contributed by atoms with Crippen molar-refractivity contribution < 1.29 is 14.3 Å². The molecular weight excluding hydrogens is 244 g/mol. The van der Waals surface area contributed by atoms with Gasteiger partial charge < -0.3 is 10.1 Å². The SMILES string of the molecule is CCCCOC(=O)NCC#Cc1cnccc1C=O. The molecule has 1 N–H and O–H groups in total. The van der Waals surface area contributed by atoms with Crippen LogP contribution < -0.4 is 5.32 Å². The standard InChI is InChI=1S/C14H16N2O3/c1-2-3-9-19-14(18)16-7-4-5-12-10-15-8-6-13(12)11-17/h6,8,10-11H,2-3,7,9H2,1H3,(H,16,18). The molecule has 0 saturated carbocycles. The predicted molar refractivity (Wildman–Crippen MR) is 70.8 cm³/mol. The first kappa shape index (κ1) is 14.7. The Morgan fingerprint density at radius 3 is 3.16 bits per heavy atom. The number of pyridine rings is 1. The summed E-state index contributed by atoms with van der Waals surface area (Å²) in [5.74, 6) is 5.51. The smallest absolute Gasteiger partial charge is 0.407 e. The Morgan fingerprint density at radius 1 is 1.58 bits per heavy atom. The summed E-state index contributed by atoms with van der Waals surface area (Å²) >= 11 is 0. The fourth-order valence-corrected chi connectivity index (χ4v) is 1.23. The molecule has 0 radical (unpaired) electrons. The van der Waals surface area contributed by atoms with E-state index >= 15 is 0 Å². The Labute approximate surface area is 112 Å². The van der Waals surface area contributed by atoms with Gasteiger partial charge in [0.05, 0.1) is 18.7 Å². The summed E-state index contributed by atoms with van der Waals surface area (Å²) in [5.41, 5.74) is 1.02. The lowest BCUT2D eigenvalue weighted by Crippen LogP contribution is -2.24. The largest absolute Gasteiger partial charge is 0.450 e. The van der Waals surface area contributed by atoms with Crippen LogP contribution in [0.25, 0.3) is 0 Å². The van der Waals surface area contributed by atoms with Crippen LogP contribution >= 0.6 is 0 Å². The van der Waals surface area contributed by atoms with Gasteiger partial charge in [-0.2, -0.15) is 0 Å². The zero-order valence-corrected chi connectivity index (χ0v) is 10.8. The number of amides is 1. The maximum atomic E-state index is 11.2. The van der Waals surface area contributed by atoms with Crippen molar-refractivity contribution in [2.45, 2.75) is 19.8 Å². The summed E-state index contributed by atoms with van der Waals surface area (Å²) in [7, 11) is 0. The zero-order valence-electron chi connectivity index (χ0n) is 10.8. The Morgan fingerprint density at radius 2 is 2.42 bits per heavy atom. The van der Waals surface area contributed by atoms with Crippen LogP contribution in [0, 0.1) is 11.8 Å². The van der Waals surface area contributed by atoms with E-state index in [-0.39, 0.29) is 6.54 Å². The topological polar surface area (TPSA) is 68.3 Å². The Kier molecular flexibility index (Phi) is 6.73. The van der Waals surface area contributed by atoms with Gasteiger partial charge in [0.2, 0.25) is 0 Å². The number of hydrogen-bond acceptors (Lipinski definition) is 4. The molecule has 0 unspecified atom stereocenters. The monoisotopic (exact) mass is 260 g/mol. The van der Waals surface area contributed by atoms with Crippen molar-refractivity contribution in [3.05, 3.63) is 29.6 Å². The van der Waals surface area contributed by atoms with Gasteiger partial charge in [0.25, 0.3) is 0 Å². The van der Waals surface area contributed by atoms with Gasteiger partial charge in [0, 0.05) is 18.0 Å². The van der Waals surface area contributed by atoms with Crippen molar-refractivity contribution in [1.82, 2.24) is 10.3 Å². The molecule has 1 aromatic heterocycles. The van der Waals surface area contributed by atoms with Crippen molar-refractivity contribution >= 4 is 12.4 Å². The lowest BCUT2D eigenvalue weighted by molar-refractivity contribution is 0.112. The van der Waals surface area contributed by atoms with E-state index in [9.17, 15) is 9.59 Å². The molecule has 0 atom stereocenters. The average molecular weight is 260 g/mol. The van der Waals surface area contributed by atoms with Crippen molar-refractivity contribution in [2.24, 2.45) is 0 Å². The van der Waals surface area contributed by atoms with Crippen molar-refractivity contribution in [2.75, 3.05) is 13.2 Å². The molecular formula is C14H16N2O3. The van der Waals surface area contributed by atoms with Crippen LogP contribution in [-0.4, -0.2) is 30.5 Å². The number of ether oxygens (including phenoxy) is 1. The van der Waals surface area contributed by atoms with Crippen molar-refractivity contribution in [1.29, 1.82) is 0 Å². The summed E-state index contributed by atoms with van der Waals surface area (Å²) in [5, 5.41) is 2.51. The summed E-state index contributed by atoms with van der Waals surface area (Å²) in [6.45, 7) is 2.59. The zero-order chi connectivity index (χ0) is 13.9. The number of aldehydes is 1. The molecule has 1 rings (SSSR count). The third-order valence-corrected chi connectivity index (χ3v) is 2.26. The molecule has 5 nitrogen and oxygen atoms in total. The van der Waals surface area contributed by atoms with E-state index in [2.05, 4.69) is 22.1 Å². The van der Waals surface area contributed by atoms with Crippen LogP contribution in [0.1, 0.15) is 35.7 Å². The van der Waals surface area contributed by atoms with Crippen molar-refractivity contribution in [3.8, 4) is 11.8 Å². The van der Waals surface area contributed by atoms with Crippen LogP contribution in [0.4, 0.5) is 4.79 Å². The third-order valence-electron chi connectivity index (χ3n) is 2.26. The normalized spacial score (nSPS) is 9.11. The highest BCUT2D eigenvalue weighted by Gasteiger charge is 1.99. The molecule has 100 valence electrons. The number of nitrogens with one attached hydrogen (secondary N) is 1. The van der Waals surface area contributed by atoms with E-state index in [1.807, 2.05) is 6.92 Å². The Balaban J connectivity index is 2.39. The van der Waals surface area contributed by atoms with E-state index in [0.717, 1.165) is 19.1 Å². The van der Waals surface area contributed by atoms with Gasteiger partial charge >= 0.3 is 6.09 Å². The van der Waals surface area contributed by atoms with Gasteiger partial charge in [-0.1, -0.05) is 25.2 Å². The number of carbonyl (C=O) groups excluding carboxylic acids is 2. The first-order valence-electron chi connectivity index (χ1n) is 6.06. The average Bonchev–Trinajstić information content (AvgIpc) is 2.44. The molecule has 0 aliphatic carbocycles. The maximum absolute atomic E-state index is 11.2. The van der Waals surface area contributed by atoms with Crippen molar-refractivity contribution in [3.63, 3.8) is 0 Å². The lowest BCUT2D eigenvalue weighted by atomic mass is 10.1. The first-order chi connectivity index (χ1) is 9.27. The Hall–Kier alpha value is -2.35. The second kappa shape index (κ2) is 8.70. The van der Waals surface area contributed by atoms with Crippen LogP contribution in [0.15, 0.2) is 18.5 Å². The van der Waals surface area contributed by atoms with E-state index in [0.29, 0.717) is 17.7 Å². The highest BCUT2D eigenvalue weighted by molar-refractivity contribution is 5.78. The van der Waals surface area contributed by atoms with Crippen LogP contribution in [0.3, 0.4) is 0 Å². The van der Waals surface area contributed by atoms with Crippen LogP contribution in [0.5, 0.6) is 0 Å². The molecule has 1 heterocycles. The molecule has 19 heavy (non-hydrogen) atoms. The minimum atomic E-state index is -0.482. The molecule has 1 amide bonds. The fraction of sp³-hybridized carbons (Fsp3) is 0.357. The van der Waals surface area contributed by atoms with E-state index < -0.39 is 6.09 Å². The van der Waals surface area contributed by atoms with Gasteiger partial charge in [0.1, 0.15) is 0 Å². The fourth-order valence-electron chi connectivity index (χ4n) is 1.23. The molecule has 0 aliphatic heterocycles. The minimum absolute atomic E-state index is 0.165. The summed E-state index contributed by atoms with van der Waals surface area (Å²) in [6.07, 6.45) is 5.09. The number of aromatic nitrogens is 1. The number of rotatable bonds is 5. The summed E-state index contributed by atoms with van der Waals surface area (Å²) < 4.78 is 4.89. The van der Waals surface area contributed by atoms with Crippen LogP contribution in [-0.2, 0) is 4.74 Å². The molecule has 1 aromatic rings. The lowest BCUT2D eigenvalue weighted by Gasteiger charge is -2.02. The molecule has 0 aliphatic rings. The minimum Gasteiger partial charge on any atom is -0.450 e. The number of hydrogen-bond donors (Lipinski definition) is 1. The second-order valence-electron chi connectivity index (χ2n) is 3.73. The van der Waals surface area contributed by atoms with Gasteiger partial charge in [-0.25, -0.2) is 4.79 Å². The summed E-state index contributed by atoms with van der Waals surface area (Å²) in [4.78, 5) is 25.8. The predicted octanol–water partition coefficient (Wildman–Crippen LogP) is 1.77. The number of nitrogens with zero attached hydrogens (tertiary/aromatic N) is 1. The molecule has 0 saturated heterocycles.